The van der Waals surface area contributed by atoms with Crippen LogP contribution in [-0.4, -0.2) is 64.2 Å². The fourth-order valence-corrected chi connectivity index (χ4v) is 17.2. The number of hydrogen-bond acceptors (Lipinski definition) is 8. The highest BCUT2D eigenvalue weighted by molar-refractivity contribution is 6.90. The molecule has 0 amide bonds. The lowest BCUT2D eigenvalue weighted by atomic mass is 10.3. The quantitative estimate of drug-likeness (QED) is 0.108. The van der Waals surface area contributed by atoms with Gasteiger partial charge in [-0.05, 0) is 79.2 Å². The van der Waals surface area contributed by atoms with Gasteiger partial charge in [-0.15, -0.1) is 0 Å². The molecular formula is C20H42O8Si4. The van der Waals surface area contributed by atoms with Crippen LogP contribution in [0.2, 0.25) is 65.0 Å². The van der Waals surface area contributed by atoms with Crippen molar-refractivity contribution in [2.75, 3.05) is 6.61 Å². The summed E-state index contributed by atoms with van der Waals surface area (Å²) in [5.74, 6) is -2.61. The fourth-order valence-electron chi connectivity index (χ4n) is 2.61. The van der Waals surface area contributed by atoms with Crippen LogP contribution in [-0.2, 0) is 36.2 Å². The minimum atomic E-state index is -2.98. The van der Waals surface area contributed by atoms with Crippen LogP contribution in [0.4, 0.5) is 0 Å². The standard InChI is InChI=1S/C20H42O8Si4/c1-17(2)25-20(23)18(21)13-14-19(22)24-15-12-16-32(26-29(3,4)5,27-30(6,7)8)28-31(9,10)11/h13-14,17H,12,15-16H2,1-11H3/b14-13+. The van der Waals surface area contributed by atoms with Gasteiger partial charge in [-0.3, -0.25) is 4.79 Å². The van der Waals surface area contributed by atoms with Gasteiger partial charge in [-0.2, -0.15) is 0 Å². The third-order valence-corrected chi connectivity index (χ3v) is 15.2. The molecule has 0 saturated carbocycles. The highest BCUT2D eigenvalue weighted by atomic mass is 28.5. The van der Waals surface area contributed by atoms with E-state index < -0.39 is 57.6 Å². The first-order valence-electron chi connectivity index (χ1n) is 10.9. The summed E-state index contributed by atoms with van der Waals surface area (Å²) in [5, 5.41) is 0. The zero-order valence-electron chi connectivity index (χ0n) is 21.6. The van der Waals surface area contributed by atoms with Gasteiger partial charge in [-0.1, -0.05) is 0 Å². The van der Waals surface area contributed by atoms with Crippen molar-refractivity contribution in [3.63, 3.8) is 0 Å². The van der Waals surface area contributed by atoms with Crippen LogP contribution < -0.4 is 0 Å². The Morgan fingerprint density at radius 3 is 1.56 bits per heavy atom. The van der Waals surface area contributed by atoms with E-state index >= 15 is 0 Å². The number of ketones is 1. The van der Waals surface area contributed by atoms with Gasteiger partial charge in [-0.25, -0.2) is 9.59 Å². The molecule has 0 aromatic carbocycles. The van der Waals surface area contributed by atoms with Crippen molar-refractivity contribution in [1.29, 1.82) is 0 Å². The number of esters is 2. The Bertz CT molecular complexity index is 632. The smallest absolute Gasteiger partial charge is 0.463 e. The highest BCUT2D eigenvalue weighted by Gasteiger charge is 2.49. The molecule has 0 aromatic heterocycles. The molecule has 0 aliphatic heterocycles. The molecule has 0 N–H and O–H groups in total. The van der Waals surface area contributed by atoms with E-state index in [1.165, 1.54) is 0 Å². The van der Waals surface area contributed by atoms with E-state index in [4.69, 9.17) is 21.8 Å². The van der Waals surface area contributed by atoms with Gasteiger partial charge < -0.3 is 21.8 Å². The molecule has 0 aliphatic carbocycles. The van der Waals surface area contributed by atoms with Gasteiger partial charge in [0.15, 0.2) is 25.0 Å². The van der Waals surface area contributed by atoms with Gasteiger partial charge in [0.25, 0.3) is 5.78 Å². The fraction of sp³-hybridized carbons (Fsp3) is 0.750. The van der Waals surface area contributed by atoms with Crippen LogP contribution in [0.15, 0.2) is 12.2 Å². The second kappa shape index (κ2) is 12.5. The molecule has 32 heavy (non-hydrogen) atoms. The molecule has 0 spiro atoms. The number of carbonyl (C=O) groups excluding carboxylic acids is 3. The molecule has 0 rings (SSSR count). The lowest BCUT2D eigenvalue weighted by Gasteiger charge is -2.42. The van der Waals surface area contributed by atoms with Crippen molar-refractivity contribution in [1.82, 2.24) is 0 Å². The molecule has 186 valence electrons. The van der Waals surface area contributed by atoms with Crippen LogP contribution in [0, 0.1) is 0 Å². The molecule has 0 unspecified atom stereocenters. The van der Waals surface area contributed by atoms with Crippen molar-refractivity contribution in [3.8, 4) is 0 Å². The number of rotatable bonds is 14. The van der Waals surface area contributed by atoms with Crippen molar-refractivity contribution in [2.24, 2.45) is 0 Å². The van der Waals surface area contributed by atoms with Crippen molar-refractivity contribution in [3.05, 3.63) is 12.2 Å². The number of carbonyl (C=O) groups is 3. The lowest BCUT2D eigenvalue weighted by Crippen LogP contribution is -2.60. The number of hydrogen-bond donors (Lipinski definition) is 0. The third-order valence-electron chi connectivity index (χ3n) is 3.17. The van der Waals surface area contributed by atoms with Crippen LogP contribution >= 0.6 is 0 Å². The molecular weight excluding hydrogens is 481 g/mol. The molecule has 12 heteroatoms. The first-order chi connectivity index (χ1) is 14.2. The molecule has 0 heterocycles. The minimum Gasteiger partial charge on any atom is -0.463 e. The topological polar surface area (TPSA) is 97.4 Å². The van der Waals surface area contributed by atoms with E-state index in [9.17, 15) is 14.4 Å². The summed E-state index contributed by atoms with van der Waals surface area (Å²) in [6.45, 7) is 22.4. The largest absolute Gasteiger partial charge is 0.469 e. The molecule has 0 radical (unpaired) electrons. The van der Waals surface area contributed by atoms with Crippen LogP contribution in [0.5, 0.6) is 0 Å². The van der Waals surface area contributed by atoms with Crippen LogP contribution in [0.1, 0.15) is 20.3 Å². The van der Waals surface area contributed by atoms with E-state index in [1.807, 2.05) is 0 Å². The predicted molar refractivity (Wildman–Crippen MR) is 135 cm³/mol. The normalized spacial score (nSPS) is 13.5. The SMILES string of the molecule is CC(C)OC(=O)C(=O)/C=C/C(=O)OCCC[Si](O[Si](C)(C)C)(O[Si](C)(C)C)O[Si](C)(C)C. The molecule has 0 aliphatic rings. The summed E-state index contributed by atoms with van der Waals surface area (Å²) < 4.78 is 29.7. The van der Waals surface area contributed by atoms with E-state index in [2.05, 4.69) is 58.9 Å². The third kappa shape index (κ3) is 15.8. The predicted octanol–water partition coefficient (Wildman–Crippen LogP) is 4.49. The second-order valence-electron chi connectivity index (χ2n) is 10.7. The van der Waals surface area contributed by atoms with Gasteiger partial charge >= 0.3 is 20.7 Å². The molecule has 0 saturated heterocycles. The maximum Gasteiger partial charge on any atom is 0.469 e. The molecule has 0 aromatic rings. The Balaban J connectivity index is 5.11. The van der Waals surface area contributed by atoms with E-state index in [0.717, 1.165) is 12.2 Å². The average molecular weight is 523 g/mol. The molecule has 8 nitrogen and oxygen atoms in total. The Kier molecular flexibility index (Phi) is 12.2. The first kappa shape index (κ1) is 31.1. The van der Waals surface area contributed by atoms with E-state index in [0.29, 0.717) is 12.5 Å². The maximum atomic E-state index is 11.9. The lowest BCUT2D eigenvalue weighted by molar-refractivity contribution is -0.154. The van der Waals surface area contributed by atoms with Crippen LogP contribution in [0.25, 0.3) is 0 Å². The summed E-state index contributed by atoms with van der Waals surface area (Å²) >= 11 is 0. The second-order valence-corrected chi connectivity index (χ2v) is 27.7. The Labute approximate surface area is 197 Å². The van der Waals surface area contributed by atoms with Crippen molar-refractivity contribution in [2.45, 2.75) is 91.3 Å². The van der Waals surface area contributed by atoms with Gasteiger partial charge in [0.05, 0.1) is 12.7 Å². The zero-order chi connectivity index (χ0) is 25.4. The summed E-state index contributed by atoms with van der Waals surface area (Å²) in [6, 6.07) is 0.544. The van der Waals surface area contributed by atoms with Gasteiger partial charge in [0.1, 0.15) is 0 Å². The average Bonchev–Trinajstić information content (AvgIpc) is 2.50. The summed E-state index contributed by atoms with van der Waals surface area (Å²) in [4.78, 5) is 35.0. The van der Waals surface area contributed by atoms with Gasteiger partial charge in [0, 0.05) is 18.2 Å². The number of ether oxygens (including phenoxy) is 2. The Morgan fingerprint density at radius 1 is 0.750 bits per heavy atom. The zero-order valence-corrected chi connectivity index (χ0v) is 25.6. The minimum absolute atomic E-state index is 0.127. The van der Waals surface area contributed by atoms with Crippen molar-refractivity contribution < 1.29 is 36.2 Å². The molecule has 0 atom stereocenters. The van der Waals surface area contributed by atoms with E-state index in [1.54, 1.807) is 13.8 Å². The highest BCUT2D eigenvalue weighted by Crippen LogP contribution is 2.29. The van der Waals surface area contributed by atoms with Gasteiger partial charge in [0.2, 0.25) is 0 Å². The monoisotopic (exact) mass is 522 g/mol. The van der Waals surface area contributed by atoms with Crippen molar-refractivity contribution >= 4 is 51.5 Å². The van der Waals surface area contributed by atoms with E-state index in [-0.39, 0.29) is 6.61 Å². The summed E-state index contributed by atoms with van der Waals surface area (Å²) in [7, 11) is -8.88. The Hall–Kier alpha value is -0.902. The first-order valence-corrected chi connectivity index (χ1v) is 23.1. The molecule has 0 bridgehead atoms. The Morgan fingerprint density at radius 2 is 1.19 bits per heavy atom. The maximum absolute atomic E-state index is 11.9. The summed E-state index contributed by atoms with van der Waals surface area (Å²) in [5.41, 5.74) is 0. The molecule has 0 fully saturated rings. The van der Waals surface area contributed by atoms with Crippen LogP contribution in [0.3, 0.4) is 0 Å². The summed E-state index contributed by atoms with van der Waals surface area (Å²) in [6.07, 6.45) is 1.90.